The van der Waals surface area contributed by atoms with Gasteiger partial charge in [-0.1, -0.05) is 6.92 Å². The SMILES string of the molecule is CC[O-].[Cl-].[Zr+2][CH]1C=CC2=C1CCCC2. The van der Waals surface area contributed by atoms with Crippen molar-refractivity contribution in [2.45, 2.75) is 36.2 Å². The Kier molecular flexibility index (Phi) is 8.19. The summed E-state index contributed by atoms with van der Waals surface area (Å²) in [6.45, 7) is 1.57. The molecule has 0 aromatic rings. The summed E-state index contributed by atoms with van der Waals surface area (Å²) in [5, 5.41) is 8.93. The predicted molar refractivity (Wildman–Crippen MR) is 48.9 cm³/mol. The molecule has 0 N–H and O–H groups in total. The standard InChI is InChI=1S/C9H11.C2H5O.ClH.Zr/c1-2-5-9-7-3-6-8(9)4-1;1-2-3;;/h3,6-7H,1-2,4-5H2;2H2,1H3;1H;/q;-1;;+2/p-1. The van der Waals surface area contributed by atoms with Gasteiger partial charge in [-0.05, 0) is 0 Å². The third kappa shape index (κ3) is 4.00. The molecule has 0 saturated carbocycles. The van der Waals surface area contributed by atoms with Gasteiger partial charge in [-0.2, -0.15) is 0 Å². The van der Waals surface area contributed by atoms with Gasteiger partial charge in [0.2, 0.25) is 0 Å². The van der Waals surface area contributed by atoms with Crippen LogP contribution in [0.2, 0.25) is 3.63 Å². The molecule has 0 aliphatic heterocycles. The van der Waals surface area contributed by atoms with Crippen molar-refractivity contribution in [3.05, 3.63) is 23.3 Å². The third-order valence-corrected chi connectivity index (χ3v) is 3.75. The van der Waals surface area contributed by atoms with Crippen molar-refractivity contribution in [3.63, 3.8) is 0 Å². The van der Waals surface area contributed by atoms with Gasteiger partial charge in [0.1, 0.15) is 0 Å². The molecule has 0 aromatic heterocycles. The van der Waals surface area contributed by atoms with E-state index in [9.17, 15) is 0 Å². The summed E-state index contributed by atoms with van der Waals surface area (Å²) in [6, 6.07) is 0. The van der Waals surface area contributed by atoms with Crippen LogP contribution in [0.15, 0.2) is 23.3 Å². The van der Waals surface area contributed by atoms with E-state index in [4.69, 9.17) is 5.11 Å². The first kappa shape index (κ1) is 14.6. The quantitative estimate of drug-likeness (QED) is 0.569. The number of hydrogen-bond donors (Lipinski definition) is 0. The predicted octanol–water partition coefficient (Wildman–Crippen LogP) is -0.867. The van der Waals surface area contributed by atoms with Gasteiger partial charge in [0.05, 0.1) is 0 Å². The van der Waals surface area contributed by atoms with Crippen molar-refractivity contribution < 1.29 is 42.2 Å². The molecule has 1 atom stereocenters. The van der Waals surface area contributed by atoms with Gasteiger partial charge in [-0.25, -0.2) is 0 Å². The Morgan fingerprint density at radius 2 is 2.00 bits per heavy atom. The Morgan fingerprint density at radius 3 is 2.57 bits per heavy atom. The van der Waals surface area contributed by atoms with Crippen LogP contribution in [0.25, 0.3) is 0 Å². The van der Waals surface area contributed by atoms with Crippen molar-refractivity contribution in [2.24, 2.45) is 0 Å². The monoisotopic (exact) mass is 289 g/mol. The van der Waals surface area contributed by atoms with Crippen molar-refractivity contribution in [1.29, 1.82) is 0 Å². The van der Waals surface area contributed by atoms with Crippen LogP contribution in [0, 0.1) is 0 Å². The molecule has 0 aromatic carbocycles. The summed E-state index contributed by atoms with van der Waals surface area (Å²) in [4.78, 5) is 0. The van der Waals surface area contributed by atoms with Crippen LogP contribution in [-0.4, -0.2) is 6.61 Å². The molecule has 2 aliphatic carbocycles. The summed E-state index contributed by atoms with van der Waals surface area (Å²) in [7, 11) is 0. The Labute approximate surface area is 108 Å². The number of hydrogen-bond acceptors (Lipinski definition) is 1. The van der Waals surface area contributed by atoms with E-state index in [0.717, 1.165) is 3.63 Å². The molecule has 14 heavy (non-hydrogen) atoms. The molecule has 3 heteroatoms. The van der Waals surface area contributed by atoms with Crippen LogP contribution < -0.4 is 17.5 Å². The summed E-state index contributed by atoms with van der Waals surface area (Å²) in [5.74, 6) is 0. The van der Waals surface area contributed by atoms with Crippen LogP contribution in [-0.2, 0) is 24.7 Å². The summed E-state index contributed by atoms with van der Waals surface area (Å²) in [6.07, 6.45) is 10.3. The maximum atomic E-state index is 8.93. The average Bonchev–Trinajstić information content (AvgIpc) is 2.50. The first-order chi connectivity index (χ1) is 6.29. The van der Waals surface area contributed by atoms with Crippen LogP contribution in [0.3, 0.4) is 0 Å². The second-order valence-corrected chi connectivity index (χ2v) is 4.91. The fourth-order valence-electron chi connectivity index (χ4n) is 1.83. The first-order valence-corrected chi connectivity index (χ1v) is 6.40. The molecular weight excluding hydrogens is 275 g/mol. The molecule has 1 unspecified atom stereocenters. The molecule has 0 heterocycles. The first-order valence-electron chi connectivity index (χ1n) is 4.99. The second-order valence-electron chi connectivity index (χ2n) is 3.38. The molecule has 2 rings (SSSR count). The molecule has 0 fully saturated rings. The number of halogens is 1. The van der Waals surface area contributed by atoms with E-state index in [1.165, 1.54) is 25.7 Å². The summed E-state index contributed by atoms with van der Waals surface area (Å²) >= 11 is 1.67. The van der Waals surface area contributed by atoms with Gasteiger partial charge in [0, 0.05) is 0 Å². The van der Waals surface area contributed by atoms with Gasteiger partial charge in [-0.15, -0.1) is 6.61 Å². The summed E-state index contributed by atoms with van der Waals surface area (Å²) in [5.41, 5.74) is 3.44. The van der Waals surface area contributed by atoms with Crippen LogP contribution in [0.4, 0.5) is 0 Å². The second kappa shape index (κ2) is 7.85. The van der Waals surface area contributed by atoms with Crippen molar-refractivity contribution in [3.8, 4) is 0 Å². The molecule has 0 radical (unpaired) electrons. The zero-order chi connectivity index (χ0) is 9.68. The minimum atomic E-state index is 0. The van der Waals surface area contributed by atoms with Gasteiger partial charge in [-0.3, -0.25) is 0 Å². The van der Waals surface area contributed by atoms with E-state index in [1.807, 2.05) is 0 Å². The van der Waals surface area contributed by atoms with Crippen molar-refractivity contribution in [1.82, 2.24) is 0 Å². The van der Waals surface area contributed by atoms with E-state index < -0.39 is 0 Å². The molecule has 0 bridgehead atoms. The Balaban J connectivity index is 0.000000381. The van der Waals surface area contributed by atoms with E-state index in [1.54, 1.807) is 42.8 Å². The zero-order valence-corrected chi connectivity index (χ0v) is 11.8. The molecule has 0 amide bonds. The van der Waals surface area contributed by atoms with Crippen molar-refractivity contribution in [2.75, 3.05) is 6.61 Å². The molecule has 0 spiro atoms. The Morgan fingerprint density at radius 1 is 1.43 bits per heavy atom. The van der Waals surface area contributed by atoms with Crippen LogP contribution in [0.5, 0.6) is 0 Å². The van der Waals surface area contributed by atoms with E-state index in [-0.39, 0.29) is 19.0 Å². The molecule has 1 nitrogen and oxygen atoms in total. The van der Waals surface area contributed by atoms with E-state index in [2.05, 4.69) is 12.2 Å². The Bertz CT molecular complexity index is 223. The maximum absolute atomic E-state index is 8.93. The summed E-state index contributed by atoms with van der Waals surface area (Å²) < 4.78 is 0.850. The fraction of sp³-hybridized carbons (Fsp3) is 0.636. The van der Waals surface area contributed by atoms with Gasteiger partial charge < -0.3 is 17.5 Å². The van der Waals surface area contributed by atoms with Crippen LogP contribution in [0.1, 0.15) is 32.6 Å². The fourth-order valence-corrected chi connectivity index (χ4v) is 2.87. The van der Waals surface area contributed by atoms with E-state index in [0.29, 0.717) is 0 Å². The topological polar surface area (TPSA) is 23.1 Å². The molecular formula is C11H16ClOZr. The molecule has 0 saturated heterocycles. The van der Waals surface area contributed by atoms with Gasteiger partial charge in [0.15, 0.2) is 0 Å². The van der Waals surface area contributed by atoms with Gasteiger partial charge in [0.25, 0.3) is 0 Å². The van der Waals surface area contributed by atoms with Gasteiger partial charge >= 0.3 is 77.3 Å². The Hall–Kier alpha value is 0.613. The zero-order valence-electron chi connectivity index (χ0n) is 8.55. The minimum absolute atomic E-state index is 0. The molecule has 2 aliphatic rings. The molecule has 77 valence electrons. The number of rotatable bonds is 0. The van der Waals surface area contributed by atoms with E-state index >= 15 is 0 Å². The third-order valence-electron chi connectivity index (χ3n) is 2.42. The van der Waals surface area contributed by atoms with Crippen molar-refractivity contribution >= 4 is 0 Å². The average molecular weight is 291 g/mol. The van der Waals surface area contributed by atoms with Crippen LogP contribution >= 0.6 is 0 Å². The number of allylic oxidation sites excluding steroid dienone is 4. The normalized spacial score (nSPS) is 23.6.